The number of hydrogen-bond acceptors (Lipinski definition) is 6. The zero-order valence-electron chi connectivity index (χ0n) is 22.0. The van der Waals surface area contributed by atoms with Gasteiger partial charge in [-0.3, -0.25) is 4.79 Å². The van der Waals surface area contributed by atoms with Gasteiger partial charge in [-0.2, -0.15) is 0 Å². The summed E-state index contributed by atoms with van der Waals surface area (Å²) < 4.78 is 27.0. The van der Waals surface area contributed by atoms with Crippen LogP contribution in [-0.2, 0) is 14.8 Å². The third kappa shape index (κ3) is 9.18. The second-order valence-corrected chi connectivity index (χ2v) is 11.7. The number of aldehydes is 1. The lowest BCUT2D eigenvalue weighted by molar-refractivity contribution is -0.109. The van der Waals surface area contributed by atoms with E-state index in [1.807, 2.05) is 0 Å². The van der Waals surface area contributed by atoms with Crippen LogP contribution in [0.2, 0.25) is 5.02 Å². The molecule has 0 bridgehead atoms. The van der Waals surface area contributed by atoms with Crippen LogP contribution in [0.3, 0.4) is 0 Å². The molecular formula is C28H35ClN4O5S. The van der Waals surface area contributed by atoms with Gasteiger partial charge in [0.25, 0.3) is 15.6 Å². The lowest BCUT2D eigenvalue weighted by atomic mass is 9.95. The summed E-state index contributed by atoms with van der Waals surface area (Å²) in [5, 5.41) is 3.83. The van der Waals surface area contributed by atoms with E-state index in [4.69, 9.17) is 11.6 Å². The number of urea groups is 1. The van der Waals surface area contributed by atoms with Gasteiger partial charge in [0.1, 0.15) is 6.29 Å². The molecule has 39 heavy (non-hydrogen) atoms. The number of fused-ring (bicyclic) bond motifs is 1. The molecule has 1 atom stereocenters. The van der Waals surface area contributed by atoms with Crippen molar-refractivity contribution in [3.05, 3.63) is 69.7 Å². The summed E-state index contributed by atoms with van der Waals surface area (Å²) in [4.78, 5) is 41.0. The minimum atomic E-state index is -3.94. The Balaban J connectivity index is 0.000000289. The highest BCUT2D eigenvalue weighted by molar-refractivity contribution is 7.90. The van der Waals surface area contributed by atoms with Crippen LogP contribution >= 0.6 is 11.6 Å². The summed E-state index contributed by atoms with van der Waals surface area (Å²) >= 11 is 5.71. The number of nitrogens with zero attached hydrogens (tertiary/aromatic N) is 1. The lowest BCUT2D eigenvalue weighted by Gasteiger charge is -2.17. The average molecular weight is 575 g/mol. The second kappa shape index (κ2) is 14.8. The van der Waals surface area contributed by atoms with Crippen LogP contribution in [0.1, 0.15) is 76.2 Å². The molecule has 0 aliphatic heterocycles. The molecule has 1 aromatic heterocycles. The van der Waals surface area contributed by atoms with E-state index in [1.165, 1.54) is 18.5 Å². The third-order valence-electron chi connectivity index (χ3n) is 6.67. The molecule has 0 radical (unpaired) electrons. The summed E-state index contributed by atoms with van der Waals surface area (Å²) in [6, 6.07) is 10.5. The Morgan fingerprint density at radius 3 is 2.46 bits per heavy atom. The fraction of sp³-hybridized carbons (Fsp3) is 0.429. The molecule has 1 aliphatic rings. The highest BCUT2D eigenvalue weighted by atomic mass is 35.5. The van der Waals surface area contributed by atoms with Gasteiger partial charge in [-0.25, -0.2) is 22.9 Å². The van der Waals surface area contributed by atoms with Gasteiger partial charge in [-0.1, -0.05) is 69.2 Å². The van der Waals surface area contributed by atoms with E-state index in [0.29, 0.717) is 15.9 Å². The normalized spacial score (nSPS) is 14.9. The highest BCUT2D eigenvalue weighted by Crippen LogP contribution is 2.22. The van der Waals surface area contributed by atoms with Crippen molar-refractivity contribution >= 4 is 44.8 Å². The first kappa shape index (κ1) is 30.3. The van der Waals surface area contributed by atoms with Crippen LogP contribution in [0.15, 0.2) is 58.5 Å². The minimum absolute atomic E-state index is 0.0161. The number of halogens is 1. The fourth-order valence-electron chi connectivity index (χ4n) is 4.49. The second-order valence-electron chi connectivity index (χ2n) is 9.61. The summed E-state index contributed by atoms with van der Waals surface area (Å²) in [5.41, 5.74) is 1.28. The first-order valence-corrected chi connectivity index (χ1v) is 15.1. The number of aromatic nitrogens is 2. The first-order valence-electron chi connectivity index (χ1n) is 13.2. The Labute approximate surface area is 233 Å². The topological polar surface area (TPSA) is 138 Å². The fourth-order valence-corrected chi connectivity index (χ4v) is 5.58. The van der Waals surface area contributed by atoms with Crippen molar-refractivity contribution in [3.63, 3.8) is 0 Å². The molecule has 11 heteroatoms. The van der Waals surface area contributed by atoms with Crippen LogP contribution in [0.25, 0.3) is 10.9 Å². The van der Waals surface area contributed by atoms with Crippen molar-refractivity contribution < 1.29 is 18.0 Å². The van der Waals surface area contributed by atoms with Crippen molar-refractivity contribution in [2.24, 2.45) is 0 Å². The molecule has 2 amide bonds. The molecule has 210 valence electrons. The molecule has 1 fully saturated rings. The Kier molecular flexibility index (Phi) is 11.5. The summed E-state index contributed by atoms with van der Waals surface area (Å²) in [5.74, 6) is -0.229. The molecule has 4 rings (SSSR count). The van der Waals surface area contributed by atoms with Gasteiger partial charge >= 0.3 is 6.03 Å². The molecule has 1 saturated carbocycles. The number of carbonyl (C=O) groups is 2. The number of carbonyl (C=O) groups excluding carboxylic acids is 2. The monoisotopic (exact) mass is 574 g/mol. The predicted molar refractivity (Wildman–Crippen MR) is 152 cm³/mol. The summed E-state index contributed by atoms with van der Waals surface area (Å²) in [6.45, 7) is 2.06. The van der Waals surface area contributed by atoms with E-state index >= 15 is 0 Å². The zero-order valence-corrected chi connectivity index (χ0v) is 23.6. The maximum absolute atomic E-state index is 12.4. The molecule has 9 nitrogen and oxygen atoms in total. The van der Waals surface area contributed by atoms with Gasteiger partial charge in [-0.05, 0) is 55.2 Å². The van der Waals surface area contributed by atoms with E-state index in [1.54, 1.807) is 30.3 Å². The van der Waals surface area contributed by atoms with Crippen LogP contribution in [0, 0.1) is 0 Å². The molecule has 3 aromatic rings. The van der Waals surface area contributed by atoms with E-state index < -0.39 is 16.1 Å². The molecule has 1 heterocycles. The SMILES string of the molecule is CCCCC(C=O)c1ccc(S(=O)(=O)NC(=O)NC2CCCCCC2)cc1.O=c1[nH]cnc2ccc(Cl)cc12. The van der Waals surface area contributed by atoms with Gasteiger partial charge < -0.3 is 15.1 Å². The van der Waals surface area contributed by atoms with Gasteiger partial charge in [0.05, 0.1) is 22.1 Å². The lowest BCUT2D eigenvalue weighted by Crippen LogP contribution is -2.44. The number of sulfonamides is 1. The quantitative estimate of drug-likeness (QED) is 0.242. The van der Waals surface area contributed by atoms with Crippen molar-refractivity contribution in [2.45, 2.75) is 81.6 Å². The van der Waals surface area contributed by atoms with E-state index in [0.717, 1.165) is 69.6 Å². The van der Waals surface area contributed by atoms with Crippen molar-refractivity contribution in [3.8, 4) is 0 Å². The standard InChI is InChI=1S/C20H30N2O4S.C8H5ClN2O/c1-2-3-8-17(15-23)16-11-13-19(14-12-16)27(25,26)22-20(24)21-18-9-6-4-5-7-10-18;9-5-1-2-7-6(3-5)8(12)11-4-10-7/h11-15,17-18H,2-10H2,1H3,(H2,21,22,24);1-4H,(H,10,11,12). The van der Waals surface area contributed by atoms with Crippen LogP contribution in [0.5, 0.6) is 0 Å². The summed E-state index contributed by atoms with van der Waals surface area (Å²) in [7, 11) is -3.94. The van der Waals surface area contributed by atoms with Crippen LogP contribution in [-0.4, -0.2) is 36.7 Å². The number of benzene rings is 2. The van der Waals surface area contributed by atoms with Gasteiger partial charge in [-0.15, -0.1) is 0 Å². The molecule has 3 N–H and O–H groups in total. The third-order valence-corrected chi connectivity index (χ3v) is 8.25. The van der Waals surface area contributed by atoms with Gasteiger partial charge in [0, 0.05) is 17.0 Å². The maximum Gasteiger partial charge on any atom is 0.328 e. The number of amides is 2. The van der Waals surface area contributed by atoms with Crippen LogP contribution < -0.4 is 15.6 Å². The average Bonchev–Trinajstić information content (AvgIpc) is 3.18. The van der Waals surface area contributed by atoms with Crippen molar-refractivity contribution in [1.29, 1.82) is 0 Å². The number of aromatic amines is 1. The van der Waals surface area contributed by atoms with Crippen molar-refractivity contribution in [1.82, 2.24) is 20.0 Å². The predicted octanol–water partition coefficient (Wildman–Crippen LogP) is 5.45. The Morgan fingerprint density at radius 1 is 1.13 bits per heavy atom. The number of hydrogen-bond donors (Lipinski definition) is 3. The van der Waals surface area contributed by atoms with Gasteiger partial charge in [0.2, 0.25) is 0 Å². The smallest absolute Gasteiger partial charge is 0.328 e. The first-order chi connectivity index (χ1) is 18.7. The largest absolute Gasteiger partial charge is 0.335 e. The van der Waals surface area contributed by atoms with Crippen LogP contribution in [0.4, 0.5) is 4.79 Å². The molecule has 1 aliphatic carbocycles. The maximum atomic E-state index is 12.4. The summed E-state index contributed by atoms with van der Waals surface area (Å²) in [6.07, 6.45) is 11.1. The molecule has 0 spiro atoms. The van der Waals surface area contributed by atoms with E-state index in [9.17, 15) is 22.8 Å². The molecule has 0 saturated heterocycles. The number of nitrogens with one attached hydrogen (secondary N) is 3. The molecule has 2 aromatic carbocycles. The zero-order chi connectivity index (χ0) is 28.3. The Hall–Kier alpha value is -3.24. The Morgan fingerprint density at radius 2 is 1.82 bits per heavy atom. The van der Waals surface area contributed by atoms with E-state index in [2.05, 4.69) is 26.9 Å². The van der Waals surface area contributed by atoms with Crippen molar-refractivity contribution in [2.75, 3.05) is 0 Å². The minimum Gasteiger partial charge on any atom is -0.335 e. The van der Waals surface area contributed by atoms with E-state index in [-0.39, 0.29) is 22.4 Å². The number of H-pyrrole nitrogens is 1. The number of unbranched alkanes of at least 4 members (excludes halogenated alkanes) is 1. The Bertz CT molecular complexity index is 1400. The number of rotatable bonds is 8. The highest BCUT2D eigenvalue weighted by Gasteiger charge is 2.21. The van der Waals surface area contributed by atoms with Gasteiger partial charge in [0.15, 0.2) is 0 Å². The molecular weight excluding hydrogens is 540 g/mol. The molecule has 1 unspecified atom stereocenters.